The average Bonchev–Trinajstić information content (AvgIpc) is 2.19. The number of ether oxygens (including phenoxy) is 1. The second kappa shape index (κ2) is 5.34. The normalized spacial score (nSPS) is 12.6. The van der Waals surface area contributed by atoms with Crippen LogP contribution in [0.4, 0.5) is 0 Å². The molecule has 0 radical (unpaired) electrons. The Morgan fingerprint density at radius 3 is 2.50 bits per heavy atom. The first-order valence-electron chi connectivity index (χ1n) is 5.03. The van der Waals surface area contributed by atoms with Crippen LogP contribution in [0.15, 0.2) is 22.7 Å². The van der Waals surface area contributed by atoms with Crippen molar-refractivity contribution in [3.8, 4) is 5.75 Å². The zero-order valence-corrected chi connectivity index (χ0v) is 11.1. The lowest BCUT2D eigenvalue weighted by molar-refractivity contribution is -0.139. The van der Waals surface area contributed by atoms with Crippen molar-refractivity contribution in [2.45, 2.75) is 19.8 Å². The summed E-state index contributed by atoms with van der Waals surface area (Å²) in [4.78, 5) is 11.2. The van der Waals surface area contributed by atoms with Crippen LogP contribution in [0.5, 0.6) is 5.75 Å². The first-order chi connectivity index (χ1) is 7.47. The van der Waals surface area contributed by atoms with Gasteiger partial charge >= 0.3 is 5.97 Å². The zero-order chi connectivity index (χ0) is 12.3. The SMILES string of the molecule is COc1cc(C(C(=O)O)C(C)C)ccc1Br. The third-order valence-corrected chi connectivity index (χ3v) is 3.12. The summed E-state index contributed by atoms with van der Waals surface area (Å²) in [5.74, 6) is -0.603. The Balaban J connectivity index is 3.15. The lowest BCUT2D eigenvalue weighted by Gasteiger charge is -2.17. The average molecular weight is 287 g/mol. The van der Waals surface area contributed by atoms with Crippen molar-refractivity contribution in [2.24, 2.45) is 5.92 Å². The molecule has 1 N–H and O–H groups in total. The second-order valence-corrected chi connectivity index (χ2v) is 4.81. The van der Waals surface area contributed by atoms with Crippen LogP contribution in [0.2, 0.25) is 0 Å². The van der Waals surface area contributed by atoms with Gasteiger partial charge in [0.05, 0.1) is 17.5 Å². The number of carboxylic acid groups (broad SMARTS) is 1. The molecule has 0 heterocycles. The molecule has 1 unspecified atom stereocenters. The molecule has 3 nitrogen and oxygen atoms in total. The Morgan fingerprint density at radius 2 is 2.06 bits per heavy atom. The molecular weight excluding hydrogens is 272 g/mol. The van der Waals surface area contributed by atoms with Crippen LogP contribution in [-0.4, -0.2) is 18.2 Å². The van der Waals surface area contributed by atoms with Gasteiger partial charge in [0.25, 0.3) is 0 Å². The van der Waals surface area contributed by atoms with Gasteiger partial charge in [-0.15, -0.1) is 0 Å². The zero-order valence-electron chi connectivity index (χ0n) is 9.53. The van der Waals surface area contributed by atoms with E-state index < -0.39 is 11.9 Å². The van der Waals surface area contributed by atoms with Crippen LogP contribution in [0, 0.1) is 5.92 Å². The maximum absolute atomic E-state index is 11.2. The fourth-order valence-corrected chi connectivity index (χ4v) is 2.09. The topological polar surface area (TPSA) is 46.5 Å². The summed E-state index contributed by atoms with van der Waals surface area (Å²) < 4.78 is 5.98. The Hall–Kier alpha value is -1.03. The van der Waals surface area contributed by atoms with E-state index in [1.165, 1.54) is 0 Å². The molecule has 0 spiro atoms. The molecule has 0 aliphatic heterocycles. The minimum absolute atomic E-state index is 0.0448. The van der Waals surface area contributed by atoms with E-state index in [0.717, 1.165) is 10.0 Å². The molecule has 0 saturated heterocycles. The quantitative estimate of drug-likeness (QED) is 0.924. The number of hydrogen-bond acceptors (Lipinski definition) is 2. The number of aliphatic carboxylic acids is 1. The number of methoxy groups -OCH3 is 1. The summed E-state index contributed by atoms with van der Waals surface area (Å²) in [6, 6.07) is 5.39. The molecule has 16 heavy (non-hydrogen) atoms. The molecule has 4 heteroatoms. The predicted octanol–water partition coefficient (Wildman–Crippen LogP) is 3.28. The number of carboxylic acids is 1. The Labute approximate surface area is 104 Å². The molecule has 1 rings (SSSR count). The lowest BCUT2D eigenvalue weighted by atomic mass is 9.88. The van der Waals surface area contributed by atoms with Crippen LogP contribution < -0.4 is 4.74 Å². The van der Waals surface area contributed by atoms with Gasteiger partial charge in [0.2, 0.25) is 0 Å². The van der Waals surface area contributed by atoms with Crippen molar-refractivity contribution in [3.05, 3.63) is 28.2 Å². The molecule has 1 aromatic carbocycles. The van der Waals surface area contributed by atoms with Gasteiger partial charge < -0.3 is 9.84 Å². The first kappa shape index (κ1) is 13.0. The van der Waals surface area contributed by atoms with Gasteiger partial charge in [-0.25, -0.2) is 0 Å². The Kier molecular flexibility index (Phi) is 4.35. The highest BCUT2D eigenvalue weighted by Crippen LogP contribution is 2.32. The van der Waals surface area contributed by atoms with Crippen LogP contribution in [0.1, 0.15) is 25.3 Å². The second-order valence-electron chi connectivity index (χ2n) is 3.95. The summed E-state index contributed by atoms with van der Waals surface area (Å²) in [6.07, 6.45) is 0. The van der Waals surface area contributed by atoms with Crippen LogP contribution in [-0.2, 0) is 4.79 Å². The maximum atomic E-state index is 11.2. The van der Waals surface area contributed by atoms with Gasteiger partial charge in [0.1, 0.15) is 5.75 Å². The molecule has 0 fully saturated rings. The highest BCUT2D eigenvalue weighted by molar-refractivity contribution is 9.10. The summed E-state index contributed by atoms with van der Waals surface area (Å²) in [6.45, 7) is 3.79. The summed E-state index contributed by atoms with van der Waals surface area (Å²) in [5, 5.41) is 9.18. The van der Waals surface area contributed by atoms with Crippen LogP contribution in [0.25, 0.3) is 0 Å². The fraction of sp³-hybridized carbons (Fsp3) is 0.417. The number of carbonyl (C=O) groups is 1. The van der Waals surface area contributed by atoms with E-state index in [1.807, 2.05) is 26.0 Å². The molecule has 1 aromatic rings. The highest BCUT2D eigenvalue weighted by atomic mass is 79.9. The molecule has 88 valence electrons. The number of benzene rings is 1. The van der Waals surface area contributed by atoms with E-state index in [4.69, 9.17) is 4.74 Å². The van der Waals surface area contributed by atoms with Crippen molar-refractivity contribution in [2.75, 3.05) is 7.11 Å². The standard InChI is InChI=1S/C12H15BrO3/c1-7(2)11(12(14)15)8-4-5-9(13)10(6-8)16-3/h4-7,11H,1-3H3,(H,14,15). The molecule has 0 aliphatic rings. The molecule has 0 saturated carbocycles. The van der Waals surface area contributed by atoms with E-state index in [1.54, 1.807) is 13.2 Å². The van der Waals surface area contributed by atoms with E-state index in [-0.39, 0.29) is 5.92 Å². The largest absolute Gasteiger partial charge is 0.496 e. The molecular formula is C12H15BrO3. The van der Waals surface area contributed by atoms with Gasteiger partial charge in [0.15, 0.2) is 0 Å². The van der Waals surface area contributed by atoms with Crippen molar-refractivity contribution in [3.63, 3.8) is 0 Å². The van der Waals surface area contributed by atoms with Gasteiger partial charge in [0, 0.05) is 0 Å². The van der Waals surface area contributed by atoms with Crippen LogP contribution >= 0.6 is 15.9 Å². The van der Waals surface area contributed by atoms with Crippen molar-refractivity contribution >= 4 is 21.9 Å². The number of rotatable bonds is 4. The lowest BCUT2D eigenvalue weighted by Crippen LogP contribution is -2.17. The minimum Gasteiger partial charge on any atom is -0.496 e. The summed E-state index contributed by atoms with van der Waals surface area (Å²) >= 11 is 3.34. The van der Waals surface area contributed by atoms with Crippen molar-refractivity contribution in [1.82, 2.24) is 0 Å². The van der Waals surface area contributed by atoms with E-state index >= 15 is 0 Å². The molecule has 0 amide bonds. The molecule has 0 aromatic heterocycles. The van der Waals surface area contributed by atoms with Crippen molar-refractivity contribution in [1.29, 1.82) is 0 Å². The Morgan fingerprint density at radius 1 is 1.44 bits per heavy atom. The molecule has 0 aliphatic carbocycles. The Bertz CT molecular complexity index is 388. The van der Waals surface area contributed by atoms with Gasteiger partial charge in [-0.1, -0.05) is 19.9 Å². The predicted molar refractivity (Wildman–Crippen MR) is 65.9 cm³/mol. The number of hydrogen-bond donors (Lipinski definition) is 1. The third kappa shape index (κ3) is 2.76. The molecule has 0 bridgehead atoms. The summed E-state index contributed by atoms with van der Waals surface area (Å²) in [5.41, 5.74) is 0.766. The molecule has 1 atom stereocenters. The van der Waals surface area contributed by atoms with Gasteiger partial charge in [-0.3, -0.25) is 4.79 Å². The monoisotopic (exact) mass is 286 g/mol. The van der Waals surface area contributed by atoms with E-state index in [9.17, 15) is 9.90 Å². The third-order valence-electron chi connectivity index (χ3n) is 2.47. The maximum Gasteiger partial charge on any atom is 0.311 e. The van der Waals surface area contributed by atoms with Gasteiger partial charge in [-0.2, -0.15) is 0 Å². The van der Waals surface area contributed by atoms with E-state index in [0.29, 0.717) is 5.75 Å². The smallest absolute Gasteiger partial charge is 0.311 e. The van der Waals surface area contributed by atoms with E-state index in [2.05, 4.69) is 15.9 Å². The van der Waals surface area contributed by atoms with Crippen molar-refractivity contribution < 1.29 is 14.6 Å². The van der Waals surface area contributed by atoms with Crippen LogP contribution in [0.3, 0.4) is 0 Å². The fourth-order valence-electron chi connectivity index (χ4n) is 1.68. The minimum atomic E-state index is -0.806. The summed E-state index contributed by atoms with van der Waals surface area (Å²) in [7, 11) is 1.56. The van der Waals surface area contributed by atoms with Gasteiger partial charge in [-0.05, 0) is 39.5 Å². The number of halogens is 1. The first-order valence-corrected chi connectivity index (χ1v) is 5.83. The highest BCUT2D eigenvalue weighted by Gasteiger charge is 2.24.